The average Bonchev–Trinajstić information content (AvgIpc) is 2.01. The van der Waals surface area contributed by atoms with Gasteiger partial charge >= 0.3 is 0 Å². The lowest BCUT2D eigenvalue weighted by atomic mass is 9.84. The first-order chi connectivity index (χ1) is 6.87. The van der Waals surface area contributed by atoms with Crippen molar-refractivity contribution in [3.05, 3.63) is 20.2 Å². The number of ketones is 1. The van der Waals surface area contributed by atoms with Crippen LogP contribution in [0.25, 0.3) is 0 Å². The van der Waals surface area contributed by atoms with Gasteiger partial charge in [-0.2, -0.15) is 0 Å². The predicted octanol–water partition coefficient (Wildman–Crippen LogP) is 4.24. The van der Waals surface area contributed by atoms with Crippen LogP contribution in [0.3, 0.4) is 0 Å². The first-order valence-electron chi connectivity index (χ1n) is 4.63. The number of Topliss-reactive ketones (excluding diaryl/α,β-unsaturated/α-hetero) is 1. The largest absolute Gasteiger partial charge is 0.300 e. The second-order valence-electron chi connectivity index (χ2n) is 4.54. The Morgan fingerprint density at radius 3 is 0.900 bits per heavy atom. The van der Waals surface area contributed by atoms with Crippen molar-refractivity contribution in [1.82, 2.24) is 0 Å². The third kappa shape index (κ3) is 10.4. The minimum absolute atomic E-state index is 0. The van der Waals surface area contributed by atoms with E-state index < -0.39 is 20.9 Å². The van der Waals surface area contributed by atoms with Crippen LogP contribution >= 0.6 is 0 Å². The third-order valence-corrected chi connectivity index (χ3v) is 2.41. The van der Waals surface area contributed by atoms with Gasteiger partial charge in [0.15, 0.2) is 0 Å². The van der Waals surface area contributed by atoms with Gasteiger partial charge in [-0.25, -0.2) is 0 Å². The highest BCUT2D eigenvalue weighted by atomic mass is 16.6. The Hall–Kier alpha value is -1.53. The van der Waals surface area contributed by atoms with Crippen molar-refractivity contribution in [2.45, 2.75) is 82.3 Å². The smallest absolute Gasteiger partial charge is 0.284 e. The van der Waals surface area contributed by atoms with Crippen molar-refractivity contribution in [3.8, 4) is 0 Å². The maximum Gasteiger partial charge on any atom is 0.284 e. The summed E-state index contributed by atoms with van der Waals surface area (Å²) < 4.78 is 0. The molecule has 0 N–H and O–H groups in total. The normalized spacial score (nSPS) is 8.90. The van der Waals surface area contributed by atoms with Gasteiger partial charge in [0.25, 0.3) is 11.1 Å². The third-order valence-electron chi connectivity index (χ3n) is 2.41. The molecule has 0 atom stereocenters. The van der Waals surface area contributed by atoms with E-state index in [9.17, 15) is 25.0 Å². The summed E-state index contributed by atoms with van der Waals surface area (Å²) in [6, 6.07) is 0. The molecule has 0 saturated heterocycles. The lowest BCUT2D eigenvalue weighted by Gasteiger charge is -2.25. The van der Waals surface area contributed by atoms with Gasteiger partial charge < -0.3 is 4.79 Å². The molecular formula is C13H34N2O5. The Labute approximate surface area is 124 Å². The van der Waals surface area contributed by atoms with Gasteiger partial charge in [-0.05, 0) is 13.8 Å². The van der Waals surface area contributed by atoms with Crippen LogP contribution < -0.4 is 0 Å². The van der Waals surface area contributed by atoms with Crippen LogP contribution in [-0.2, 0) is 4.79 Å². The van der Waals surface area contributed by atoms with E-state index >= 15 is 0 Å². The van der Waals surface area contributed by atoms with Gasteiger partial charge in [-0.1, -0.05) is 29.7 Å². The highest BCUT2D eigenvalue weighted by Gasteiger charge is 2.57. The fourth-order valence-corrected chi connectivity index (χ4v) is 0.447. The molecule has 0 aromatic carbocycles. The number of nitrogens with zero attached hydrogens (tertiary/aromatic N) is 2. The first kappa shape index (κ1) is 36.3. The Morgan fingerprint density at radius 2 is 0.850 bits per heavy atom. The molecule has 0 radical (unpaired) electrons. The summed E-state index contributed by atoms with van der Waals surface area (Å²) in [7, 11) is 0. The molecule has 0 unspecified atom stereocenters. The second kappa shape index (κ2) is 12.5. The Balaban J connectivity index is -0.0000000547. The van der Waals surface area contributed by atoms with Crippen LogP contribution in [0, 0.1) is 20.2 Å². The molecule has 0 aliphatic heterocycles. The molecule has 0 bridgehead atoms. The first-order valence-corrected chi connectivity index (χ1v) is 4.63. The van der Waals surface area contributed by atoms with Gasteiger partial charge in [0.2, 0.25) is 0 Å². The lowest BCUT2D eigenvalue weighted by molar-refractivity contribution is -0.673. The van der Waals surface area contributed by atoms with Crippen LogP contribution in [0.4, 0.5) is 0 Å². The van der Waals surface area contributed by atoms with E-state index in [1.165, 1.54) is 41.5 Å². The molecule has 0 saturated carbocycles. The molecule has 0 heterocycles. The van der Waals surface area contributed by atoms with E-state index in [1.54, 1.807) is 0 Å². The SMILES string of the molecule is C.C.C.C.CC(C)([N+](=O)[O-])C(C)(C)[N+](=O)[O-].CC(C)=O. The zero-order valence-electron chi connectivity index (χ0n) is 10.4. The molecule has 20 heavy (non-hydrogen) atoms. The van der Waals surface area contributed by atoms with E-state index in [1.807, 2.05) is 0 Å². The summed E-state index contributed by atoms with van der Waals surface area (Å²) in [5.41, 5.74) is -3.12. The minimum atomic E-state index is -1.56. The summed E-state index contributed by atoms with van der Waals surface area (Å²) in [6.07, 6.45) is 0. The number of hydrogen-bond donors (Lipinski definition) is 0. The number of carbonyl (C=O) groups is 1. The average molecular weight is 298 g/mol. The maximum atomic E-state index is 10.5. The topological polar surface area (TPSA) is 103 Å². The Bertz CT molecular complexity index is 271. The summed E-state index contributed by atoms with van der Waals surface area (Å²) in [5, 5.41) is 20.9. The molecule has 126 valence electrons. The molecular weight excluding hydrogens is 264 g/mol. The molecule has 0 aliphatic carbocycles. The molecule has 0 spiro atoms. The van der Waals surface area contributed by atoms with Crippen molar-refractivity contribution in [2.75, 3.05) is 0 Å². The molecule has 0 amide bonds. The van der Waals surface area contributed by atoms with Crippen molar-refractivity contribution < 1.29 is 14.6 Å². The van der Waals surface area contributed by atoms with E-state index in [0.717, 1.165) is 0 Å². The standard InChI is InChI=1S/C6H12N2O4.C3H6O.4CH4/c1-5(2,7(9)10)6(3,4)8(11)12;1-3(2)4;;;;/h1-4H3;1-2H3;4*1H4. The quantitative estimate of drug-likeness (QED) is 0.572. The molecule has 7 heteroatoms. The van der Waals surface area contributed by atoms with E-state index in [-0.39, 0.29) is 35.5 Å². The Kier molecular flexibility index (Phi) is 22.7. The van der Waals surface area contributed by atoms with E-state index in [4.69, 9.17) is 0 Å². The van der Waals surface area contributed by atoms with Gasteiger partial charge in [-0.3, -0.25) is 20.2 Å². The zero-order valence-corrected chi connectivity index (χ0v) is 10.4. The molecule has 0 aromatic heterocycles. The van der Waals surface area contributed by atoms with Gasteiger partial charge in [0, 0.05) is 37.5 Å². The number of rotatable bonds is 3. The summed E-state index contributed by atoms with van der Waals surface area (Å²) in [4.78, 5) is 29.1. The summed E-state index contributed by atoms with van der Waals surface area (Å²) in [5.74, 6) is 0.167. The molecule has 0 rings (SSSR count). The van der Waals surface area contributed by atoms with Gasteiger partial charge in [-0.15, -0.1) is 0 Å². The molecule has 0 aliphatic rings. The summed E-state index contributed by atoms with van der Waals surface area (Å²) >= 11 is 0. The second-order valence-corrected chi connectivity index (χ2v) is 4.54. The molecule has 7 nitrogen and oxygen atoms in total. The number of nitro groups is 2. The molecule has 0 fully saturated rings. The lowest BCUT2D eigenvalue weighted by Crippen LogP contribution is -2.55. The highest BCUT2D eigenvalue weighted by Crippen LogP contribution is 2.27. The van der Waals surface area contributed by atoms with Crippen LogP contribution in [0.15, 0.2) is 0 Å². The van der Waals surface area contributed by atoms with Crippen molar-refractivity contribution >= 4 is 5.78 Å². The summed E-state index contributed by atoms with van der Waals surface area (Å²) in [6.45, 7) is 8.04. The van der Waals surface area contributed by atoms with E-state index in [0.29, 0.717) is 0 Å². The molecule has 0 aromatic rings. The van der Waals surface area contributed by atoms with Crippen molar-refractivity contribution in [1.29, 1.82) is 0 Å². The van der Waals surface area contributed by atoms with Crippen LogP contribution in [0.5, 0.6) is 0 Å². The van der Waals surface area contributed by atoms with Gasteiger partial charge in [0.1, 0.15) is 5.78 Å². The fourth-order valence-electron chi connectivity index (χ4n) is 0.447. The number of hydrogen-bond acceptors (Lipinski definition) is 5. The fraction of sp³-hybridized carbons (Fsp3) is 0.923. The van der Waals surface area contributed by atoms with Crippen molar-refractivity contribution in [2.24, 2.45) is 0 Å². The number of carbonyl (C=O) groups excluding carboxylic acids is 1. The van der Waals surface area contributed by atoms with Crippen LogP contribution in [0.2, 0.25) is 0 Å². The van der Waals surface area contributed by atoms with Gasteiger partial charge in [0.05, 0.1) is 0 Å². The zero-order chi connectivity index (χ0) is 13.7. The van der Waals surface area contributed by atoms with Crippen molar-refractivity contribution in [3.63, 3.8) is 0 Å². The Morgan fingerprint density at radius 1 is 0.750 bits per heavy atom. The van der Waals surface area contributed by atoms with Crippen LogP contribution in [0.1, 0.15) is 71.2 Å². The minimum Gasteiger partial charge on any atom is -0.300 e. The van der Waals surface area contributed by atoms with Crippen LogP contribution in [-0.4, -0.2) is 26.7 Å². The predicted molar refractivity (Wildman–Crippen MR) is 85.4 cm³/mol. The maximum absolute atomic E-state index is 10.5. The monoisotopic (exact) mass is 298 g/mol. The van der Waals surface area contributed by atoms with E-state index in [2.05, 4.69) is 0 Å². The highest BCUT2D eigenvalue weighted by molar-refractivity contribution is 5.72.